The highest BCUT2D eigenvalue weighted by atomic mass is 16.7. The number of hydrazone groups is 1. The molecule has 1 atom stereocenters. The van der Waals surface area contributed by atoms with E-state index >= 15 is 0 Å². The molecule has 6 heteroatoms. The quantitative estimate of drug-likeness (QED) is 0.821. The molecule has 1 saturated heterocycles. The lowest BCUT2D eigenvalue weighted by Crippen LogP contribution is -2.36. The molecule has 0 unspecified atom stereocenters. The molecular formula is C22H23N3O3. The Bertz CT molecular complexity index is 906. The summed E-state index contributed by atoms with van der Waals surface area (Å²) in [5.41, 5.74) is 3.02. The van der Waals surface area contributed by atoms with Gasteiger partial charge in [0.05, 0.1) is 18.3 Å². The van der Waals surface area contributed by atoms with Crippen LogP contribution < -0.4 is 9.47 Å². The molecule has 0 saturated carbocycles. The van der Waals surface area contributed by atoms with Crippen LogP contribution in [0.5, 0.6) is 11.5 Å². The molecule has 0 radical (unpaired) electrons. The first kappa shape index (κ1) is 17.3. The lowest BCUT2D eigenvalue weighted by molar-refractivity contribution is -0.134. The molecule has 0 spiro atoms. The van der Waals surface area contributed by atoms with Crippen molar-refractivity contribution >= 4 is 11.6 Å². The first-order valence-electron chi connectivity index (χ1n) is 9.85. The van der Waals surface area contributed by atoms with E-state index in [0.29, 0.717) is 13.0 Å². The van der Waals surface area contributed by atoms with Gasteiger partial charge in [0, 0.05) is 6.42 Å². The van der Waals surface area contributed by atoms with Gasteiger partial charge in [-0.05, 0) is 49.2 Å². The van der Waals surface area contributed by atoms with Gasteiger partial charge >= 0.3 is 0 Å². The maximum atomic E-state index is 13.1. The minimum Gasteiger partial charge on any atom is -0.454 e. The average Bonchev–Trinajstić information content (AvgIpc) is 3.48. The van der Waals surface area contributed by atoms with Crippen molar-refractivity contribution in [1.82, 2.24) is 9.91 Å². The Kier molecular flexibility index (Phi) is 4.49. The zero-order valence-corrected chi connectivity index (χ0v) is 15.7. The van der Waals surface area contributed by atoms with E-state index < -0.39 is 0 Å². The van der Waals surface area contributed by atoms with Gasteiger partial charge in [-0.1, -0.05) is 36.4 Å². The first-order valence-corrected chi connectivity index (χ1v) is 9.85. The second-order valence-corrected chi connectivity index (χ2v) is 7.47. The first-order chi connectivity index (χ1) is 13.8. The Labute approximate surface area is 164 Å². The van der Waals surface area contributed by atoms with E-state index in [-0.39, 0.29) is 18.7 Å². The van der Waals surface area contributed by atoms with Crippen LogP contribution in [0.25, 0.3) is 0 Å². The third-order valence-corrected chi connectivity index (χ3v) is 5.61. The van der Waals surface area contributed by atoms with Gasteiger partial charge < -0.3 is 9.47 Å². The lowest BCUT2D eigenvalue weighted by atomic mass is 9.98. The summed E-state index contributed by atoms with van der Waals surface area (Å²) in [6.07, 6.45) is 3.02. The van der Waals surface area contributed by atoms with Crippen molar-refractivity contribution in [3.8, 4) is 11.5 Å². The normalized spacial score (nSPS) is 21.2. The third kappa shape index (κ3) is 3.24. The Balaban J connectivity index is 1.45. The van der Waals surface area contributed by atoms with Gasteiger partial charge in [-0.25, -0.2) is 5.01 Å². The van der Waals surface area contributed by atoms with Crippen molar-refractivity contribution in [3.05, 3.63) is 59.7 Å². The molecule has 0 aromatic heterocycles. The monoisotopic (exact) mass is 377 g/mol. The van der Waals surface area contributed by atoms with E-state index in [1.807, 2.05) is 48.5 Å². The molecule has 5 rings (SSSR count). The van der Waals surface area contributed by atoms with Crippen molar-refractivity contribution in [3.63, 3.8) is 0 Å². The Morgan fingerprint density at radius 1 is 1.04 bits per heavy atom. The topological polar surface area (TPSA) is 54.4 Å². The minimum atomic E-state index is -0.125. The fraction of sp³-hybridized carbons (Fsp3) is 0.364. The standard InChI is InChI=1S/C22H23N3O3/c26-22(14-24-10-4-5-11-24)25-19(13-18(23-25)16-6-2-1-3-7-16)17-8-9-20-21(12-17)28-15-27-20/h1-3,6-9,12,19H,4-5,10-11,13-15H2/t19-/m0/s1. The maximum absolute atomic E-state index is 13.1. The van der Waals surface area contributed by atoms with Gasteiger partial charge in [0.15, 0.2) is 11.5 Å². The summed E-state index contributed by atoms with van der Waals surface area (Å²) in [4.78, 5) is 15.3. The number of ether oxygens (including phenoxy) is 2. The zero-order valence-electron chi connectivity index (χ0n) is 15.7. The van der Waals surface area contributed by atoms with Gasteiger partial charge in [0.25, 0.3) is 5.91 Å². The largest absolute Gasteiger partial charge is 0.454 e. The fourth-order valence-corrected chi connectivity index (χ4v) is 4.13. The van der Waals surface area contributed by atoms with Crippen LogP contribution in [0, 0.1) is 0 Å². The van der Waals surface area contributed by atoms with Crippen molar-refractivity contribution in [1.29, 1.82) is 0 Å². The van der Waals surface area contributed by atoms with E-state index in [2.05, 4.69) is 4.90 Å². The summed E-state index contributed by atoms with van der Waals surface area (Å²) in [7, 11) is 0. The minimum absolute atomic E-state index is 0.0514. The van der Waals surface area contributed by atoms with Gasteiger partial charge in [-0.3, -0.25) is 9.69 Å². The highest BCUT2D eigenvalue weighted by Crippen LogP contribution is 2.39. The highest BCUT2D eigenvalue weighted by Gasteiger charge is 2.34. The predicted octanol–water partition coefficient (Wildman–Crippen LogP) is 3.19. The summed E-state index contributed by atoms with van der Waals surface area (Å²) in [6, 6.07) is 15.9. The molecule has 0 bridgehead atoms. The number of nitrogens with zero attached hydrogens (tertiary/aromatic N) is 3. The van der Waals surface area contributed by atoms with Gasteiger partial charge in [-0.15, -0.1) is 0 Å². The Hall–Kier alpha value is -2.86. The molecule has 28 heavy (non-hydrogen) atoms. The molecule has 1 amide bonds. The number of amides is 1. The summed E-state index contributed by atoms with van der Waals surface area (Å²) < 4.78 is 11.0. The molecule has 144 valence electrons. The second-order valence-electron chi connectivity index (χ2n) is 7.47. The van der Waals surface area contributed by atoms with Crippen LogP contribution in [-0.4, -0.2) is 48.0 Å². The number of rotatable bonds is 4. The van der Waals surface area contributed by atoms with Crippen LogP contribution >= 0.6 is 0 Å². The van der Waals surface area contributed by atoms with Crippen molar-refractivity contribution in [2.45, 2.75) is 25.3 Å². The SMILES string of the molecule is O=C(CN1CCCC1)N1N=C(c2ccccc2)C[C@H]1c1ccc2c(c1)OCO2. The number of carbonyl (C=O) groups excluding carboxylic acids is 1. The number of likely N-dealkylation sites (tertiary alicyclic amines) is 1. The van der Waals surface area contributed by atoms with Gasteiger partial charge in [0.2, 0.25) is 6.79 Å². The molecular weight excluding hydrogens is 354 g/mol. The van der Waals surface area contributed by atoms with Crippen molar-refractivity contribution < 1.29 is 14.3 Å². The predicted molar refractivity (Wildman–Crippen MR) is 105 cm³/mol. The fourth-order valence-electron chi connectivity index (χ4n) is 4.13. The van der Waals surface area contributed by atoms with E-state index in [9.17, 15) is 4.79 Å². The van der Waals surface area contributed by atoms with Crippen LogP contribution in [-0.2, 0) is 4.79 Å². The van der Waals surface area contributed by atoms with Crippen molar-refractivity contribution in [2.75, 3.05) is 26.4 Å². The Morgan fingerprint density at radius 2 is 1.82 bits per heavy atom. The van der Waals surface area contributed by atoms with E-state index in [4.69, 9.17) is 14.6 Å². The number of carbonyl (C=O) groups is 1. The number of hydrogen-bond donors (Lipinski definition) is 0. The molecule has 2 aromatic rings. The van der Waals surface area contributed by atoms with Crippen LogP contribution in [0.2, 0.25) is 0 Å². The lowest BCUT2D eigenvalue weighted by Gasteiger charge is -2.24. The number of hydrogen-bond acceptors (Lipinski definition) is 5. The summed E-state index contributed by atoms with van der Waals surface area (Å²) in [5.74, 6) is 1.54. The van der Waals surface area contributed by atoms with Gasteiger partial charge in [-0.2, -0.15) is 5.10 Å². The summed E-state index contributed by atoms with van der Waals surface area (Å²) >= 11 is 0. The van der Waals surface area contributed by atoms with E-state index in [0.717, 1.165) is 54.3 Å². The van der Waals surface area contributed by atoms with Crippen LogP contribution in [0.15, 0.2) is 53.6 Å². The second kappa shape index (κ2) is 7.28. The zero-order chi connectivity index (χ0) is 18.9. The molecule has 0 N–H and O–H groups in total. The molecule has 0 aliphatic carbocycles. The summed E-state index contributed by atoms with van der Waals surface area (Å²) in [6.45, 7) is 2.65. The molecule has 3 aliphatic heterocycles. The smallest absolute Gasteiger partial charge is 0.257 e. The molecule has 3 heterocycles. The maximum Gasteiger partial charge on any atom is 0.257 e. The third-order valence-electron chi connectivity index (χ3n) is 5.61. The number of benzene rings is 2. The molecule has 1 fully saturated rings. The van der Waals surface area contributed by atoms with Crippen molar-refractivity contribution in [2.24, 2.45) is 5.10 Å². The van der Waals surface area contributed by atoms with Crippen LogP contribution in [0.3, 0.4) is 0 Å². The number of fused-ring (bicyclic) bond motifs is 1. The summed E-state index contributed by atoms with van der Waals surface area (Å²) in [5, 5.41) is 6.43. The van der Waals surface area contributed by atoms with E-state index in [1.165, 1.54) is 0 Å². The average molecular weight is 377 g/mol. The molecule has 2 aromatic carbocycles. The van der Waals surface area contributed by atoms with Gasteiger partial charge in [0.1, 0.15) is 0 Å². The highest BCUT2D eigenvalue weighted by molar-refractivity contribution is 6.03. The Morgan fingerprint density at radius 3 is 2.64 bits per heavy atom. The van der Waals surface area contributed by atoms with Crippen LogP contribution in [0.1, 0.15) is 36.4 Å². The van der Waals surface area contributed by atoms with Crippen LogP contribution in [0.4, 0.5) is 0 Å². The molecule has 3 aliphatic rings. The van der Waals surface area contributed by atoms with E-state index in [1.54, 1.807) is 5.01 Å². The molecule has 6 nitrogen and oxygen atoms in total.